The average Bonchev–Trinajstić information content (AvgIpc) is 3.35. The van der Waals surface area contributed by atoms with Gasteiger partial charge in [-0.25, -0.2) is 9.67 Å². The summed E-state index contributed by atoms with van der Waals surface area (Å²) in [7, 11) is 0. The third-order valence-electron chi connectivity index (χ3n) is 4.16. The van der Waals surface area contributed by atoms with E-state index in [0.717, 1.165) is 18.7 Å². The smallest absolute Gasteiger partial charge is 0.271 e. The second kappa shape index (κ2) is 8.98. The predicted octanol–water partition coefficient (Wildman–Crippen LogP) is 2.48. The van der Waals surface area contributed by atoms with Crippen LogP contribution in [0, 0.1) is 5.92 Å². The second-order valence-electron chi connectivity index (χ2n) is 6.72. The van der Waals surface area contributed by atoms with Crippen LogP contribution in [0.5, 0.6) is 0 Å². The highest BCUT2D eigenvalue weighted by Crippen LogP contribution is 2.18. The van der Waals surface area contributed by atoms with E-state index in [-0.39, 0.29) is 23.4 Å². The van der Waals surface area contributed by atoms with Gasteiger partial charge < -0.3 is 15.2 Å². The molecule has 8 nitrogen and oxygen atoms in total. The van der Waals surface area contributed by atoms with Gasteiger partial charge in [0, 0.05) is 37.5 Å². The normalized spacial score (nSPS) is 10.8. The van der Waals surface area contributed by atoms with Crippen LogP contribution in [0.15, 0.2) is 55.1 Å². The molecule has 0 radical (unpaired) electrons. The van der Waals surface area contributed by atoms with Gasteiger partial charge in [-0.15, -0.1) is 0 Å². The molecule has 0 atom stereocenters. The number of nitrogens with zero attached hydrogens (tertiary/aromatic N) is 4. The summed E-state index contributed by atoms with van der Waals surface area (Å²) < 4.78 is 3.52. The number of hydrogen-bond donors (Lipinski definition) is 2. The highest BCUT2D eigenvalue weighted by Gasteiger charge is 2.18. The van der Waals surface area contributed by atoms with Crippen molar-refractivity contribution in [1.29, 1.82) is 0 Å². The fourth-order valence-electron chi connectivity index (χ4n) is 2.59. The molecule has 0 aliphatic rings. The Bertz CT molecular complexity index is 916. The van der Waals surface area contributed by atoms with Crippen LogP contribution in [0.2, 0.25) is 0 Å². The minimum absolute atomic E-state index is 0.135. The quantitative estimate of drug-likeness (QED) is 0.587. The summed E-state index contributed by atoms with van der Waals surface area (Å²) >= 11 is 0. The van der Waals surface area contributed by atoms with Gasteiger partial charge in [0.15, 0.2) is 5.69 Å². The molecule has 0 spiro atoms. The number of nitrogens with one attached hydrogen (secondary N) is 2. The summed E-state index contributed by atoms with van der Waals surface area (Å²) in [5, 5.41) is 10.1. The van der Waals surface area contributed by atoms with Crippen LogP contribution in [-0.2, 0) is 11.3 Å². The van der Waals surface area contributed by atoms with Crippen LogP contribution in [0.4, 0.5) is 5.82 Å². The van der Waals surface area contributed by atoms with E-state index in [4.69, 9.17) is 0 Å². The number of aryl methyl sites for hydroxylation is 1. The van der Waals surface area contributed by atoms with E-state index in [1.165, 1.54) is 0 Å². The topological polar surface area (TPSA) is 93.8 Å². The van der Waals surface area contributed by atoms with Crippen LogP contribution >= 0.6 is 0 Å². The number of carbonyl (C=O) groups excluding carboxylic acids is 2. The Kier molecular flexibility index (Phi) is 6.21. The van der Waals surface area contributed by atoms with Crippen LogP contribution in [0.25, 0.3) is 5.69 Å². The summed E-state index contributed by atoms with van der Waals surface area (Å²) in [5.74, 6) is -0.127. The first kappa shape index (κ1) is 19.3. The Balaban J connectivity index is 1.70. The lowest BCUT2D eigenvalue weighted by Gasteiger charge is -2.10. The molecule has 2 aromatic heterocycles. The monoisotopic (exact) mass is 380 g/mol. The first-order valence-corrected chi connectivity index (χ1v) is 9.25. The molecule has 2 heterocycles. The number of rotatable bonds is 8. The Morgan fingerprint density at radius 1 is 1.18 bits per heavy atom. The van der Waals surface area contributed by atoms with Gasteiger partial charge in [-0.2, -0.15) is 5.10 Å². The van der Waals surface area contributed by atoms with E-state index in [1.807, 2.05) is 54.9 Å². The molecular formula is C20H24N6O2. The maximum Gasteiger partial charge on any atom is 0.271 e. The highest BCUT2D eigenvalue weighted by molar-refractivity contribution is 5.96. The molecule has 0 bridgehead atoms. The molecule has 3 aromatic rings. The van der Waals surface area contributed by atoms with Gasteiger partial charge in [0.05, 0.1) is 12.0 Å². The van der Waals surface area contributed by atoms with Crippen molar-refractivity contribution in [3.8, 4) is 5.69 Å². The Morgan fingerprint density at radius 3 is 2.64 bits per heavy atom. The largest absolute Gasteiger partial charge is 0.351 e. The predicted molar refractivity (Wildman–Crippen MR) is 106 cm³/mol. The summed E-state index contributed by atoms with van der Waals surface area (Å²) in [5.41, 5.74) is 1.02. The van der Waals surface area contributed by atoms with E-state index in [9.17, 15) is 9.59 Å². The fraction of sp³-hybridized carbons (Fsp3) is 0.300. The number of aromatic nitrogens is 4. The van der Waals surface area contributed by atoms with Crippen LogP contribution in [0.3, 0.4) is 0 Å². The number of hydrogen-bond acceptors (Lipinski definition) is 4. The molecule has 0 saturated heterocycles. The molecule has 0 aliphatic carbocycles. The number of para-hydroxylation sites is 1. The molecular weight excluding hydrogens is 356 g/mol. The van der Waals surface area contributed by atoms with E-state index in [2.05, 4.69) is 20.7 Å². The van der Waals surface area contributed by atoms with E-state index in [1.54, 1.807) is 23.3 Å². The zero-order valence-electron chi connectivity index (χ0n) is 16.0. The maximum atomic E-state index is 12.5. The molecule has 28 heavy (non-hydrogen) atoms. The molecule has 0 fully saturated rings. The third-order valence-corrected chi connectivity index (χ3v) is 4.16. The number of benzene rings is 1. The van der Waals surface area contributed by atoms with Gasteiger partial charge in [-0.3, -0.25) is 9.59 Å². The molecule has 8 heteroatoms. The molecule has 2 N–H and O–H groups in total. The lowest BCUT2D eigenvalue weighted by atomic mass is 10.2. The molecule has 0 unspecified atom stereocenters. The minimum Gasteiger partial charge on any atom is -0.351 e. The molecule has 146 valence electrons. The van der Waals surface area contributed by atoms with Crippen molar-refractivity contribution in [2.24, 2.45) is 5.92 Å². The van der Waals surface area contributed by atoms with Crippen LogP contribution in [0.1, 0.15) is 30.8 Å². The van der Waals surface area contributed by atoms with Gasteiger partial charge in [0.2, 0.25) is 5.91 Å². The summed E-state index contributed by atoms with van der Waals surface area (Å²) in [6.07, 6.45) is 6.13. The van der Waals surface area contributed by atoms with Crippen molar-refractivity contribution in [2.45, 2.75) is 26.8 Å². The first-order valence-electron chi connectivity index (χ1n) is 9.25. The van der Waals surface area contributed by atoms with Crippen molar-refractivity contribution in [3.05, 3.63) is 60.8 Å². The van der Waals surface area contributed by atoms with Crippen LogP contribution in [-0.4, -0.2) is 37.7 Å². The van der Waals surface area contributed by atoms with Crippen molar-refractivity contribution >= 4 is 17.6 Å². The zero-order chi connectivity index (χ0) is 19.9. The number of carbonyl (C=O) groups is 2. The average molecular weight is 380 g/mol. The van der Waals surface area contributed by atoms with Crippen molar-refractivity contribution in [3.63, 3.8) is 0 Å². The van der Waals surface area contributed by atoms with Gasteiger partial charge in [0.1, 0.15) is 5.82 Å². The summed E-state index contributed by atoms with van der Waals surface area (Å²) in [4.78, 5) is 28.6. The Labute approximate surface area is 163 Å². The van der Waals surface area contributed by atoms with E-state index in [0.29, 0.717) is 12.4 Å². The second-order valence-corrected chi connectivity index (χ2v) is 6.72. The lowest BCUT2D eigenvalue weighted by molar-refractivity contribution is -0.118. The first-order chi connectivity index (χ1) is 13.5. The molecule has 0 aliphatic heterocycles. The Hall–Kier alpha value is -3.42. The lowest BCUT2D eigenvalue weighted by Crippen LogP contribution is -2.25. The van der Waals surface area contributed by atoms with Gasteiger partial charge in [0.25, 0.3) is 5.91 Å². The fourth-order valence-corrected chi connectivity index (χ4v) is 2.59. The SMILES string of the molecule is CC(C)C(=O)Nc1cc(C(=O)NCCCn2ccnc2)nn1-c1ccccc1. The van der Waals surface area contributed by atoms with Crippen molar-refractivity contribution < 1.29 is 9.59 Å². The van der Waals surface area contributed by atoms with Crippen molar-refractivity contribution in [1.82, 2.24) is 24.6 Å². The van der Waals surface area contributed by atoms with Gasteiger partial charge in [-0.1, -0.05) is 32.0 Å². The molecule has 0 saturated carbocycles. The standard InChI is InChI=1S/C20H24N6O2/c1-15(2)19(27)23-18-13-17(24-26(18)16-7-4-3-5-8-16)20(28)22-9-6-11-25-12-10-21-14-25/h3-5,7-8,10,12-15H,6,9,11H2,1-2H3,(H,22,28)(H,23,27). The van der Waals surface area contributed by atoms with E-state index >= 15 is 0 Å². The third kappa shape index (κ3) is 4.85. The Morgan fingerprint density at radius 2 is 1.96 bits per heavy atom. The minimum atomic E-state index is -0.277. The molecule has 2 amide bonds. The number of imidazole rings is 1. The summed E-state index contributed by atoms with van der Waals surface area (Å²) in [6, 6.07) is 11.0. The van der Waals surface area contributed by atoms with Gasteiger partial charge >= 0.3 is 0 Å². The number of amides is 2. The van der Waals surface area contributed by atoms with Crippen LogP contribution < -0.4 is 10.6 Å². The highest BCUT2D eigenvalue weighted by atomic mass is 16.2. The number of anilines is 1. The summed E-state index contributed by atoms with van der Waals surface area (Å²) in [6.45, 7) is 4.91. The maximum absolute atomic E-state index is 12.5. The molecule has 3 rings (SSSR count). The molecule has 1 aromatic carbocycles. The van der Waals surface area contributed by atoms with Gasteiger partial charge in [-0.05, 0) is 18.6 Å². The van der Waals surface area contributed by atoms with E-state index < -0.39 is 0 Å². The zero-order valence-corrected chi connectivity index (χ0v) is 16.0. The van der Waals surface area contributed by atoms with Crippen molar-refractivity contribution in [2.75, 3.05) is 11.9 Å².